The van der Waals surface area contributed by atoms with Crippen LogP contribution in [-0.2, 0) is 9.53 Å². The quantitative estimate of drug-likeness (QED) is 0.713. The van der Waals surface area contributed by atoms with E-state index in [1.54, 1.807) is 25.3 Å². The number of aromatic nitrogens is 1. The Morgan fingerprint density at radius 3 is 2.48 bits per heavy atom. The van der Waals surface area contributed by atoms with Crippen LogP contribution in [0.15, 0.2) is 35.3 Å². The summed E-state index contributed by atoms with van der Waals surface area (Å²) in [6.45, 7) is 10.1. The Morgan fingerprint density at radius 2 is 1.84 bits per heavy atom. The minimum Gasteiger partial charge on any atom is -0.491 e. The number of fused-ring (bicyclic) bond motifs is 1. The van der Waals surface area contributed by atoms with Crippen LogP contribution in [0.1, 0.15) is 47.1 Å². The van der Waals surface area contributed by atoms with Crippen LogP contribution in [-0.4, -0.2) is 23.2 Å². The van der Waals surface area contributed by atoms with Crippen molar-refractivity contribution in [1.29, 1.82) is 0 Å². The molecule has 1 atom stereocenters. The van der Waals surface area contributed by atoms with Gasteiger partial charge >= 0.3 is 5.97 Å². The molecule has 1 aromatic carbocycles. The third-order valence-corrected chi connectivity index (χ3v) is 3.97. The fraction of sp³-hybridized carbons (Fsp3) is 0.500. The van der Waals surface area contributed by atoms with Gasteiger partial charge in [0.15, 0.2) is 0 Å². The van der Waals surface area contributed by atoms with Crippen molar-refractivity contribution in [3.05, 3.63) is 40.8 Å². The predicted octanol–water partition coefficient (Wildman–Crippen LogP) is 3.94. The van der Waals surface area contributed by atoms with E-state index >= 15 is 0 Å². The smallest absolute Gasteiger partial charge is 0.328 e. The molecule has 0 N–H and O–H groups in total. The molecule has 1 unspecified atom stereocenters. The molecule has 0 fully saturated rings. The summed E-state index contributed by atoms with van der Waals surface area (Å²) in [7, 11) is 0. The number of pyridine rings is 1. The van der Waals surface area contributed by atoms with E-state index in [0.717, 1.165) is 17.6 Å². The Hall–Kier alpha value is -2.30. The van der Waals surface area contributed by atoms with E-state index in [0.29, 0.717) is 17.9 Å². The highest BCUT2D eigenvalue weighted by Crippen LogP contribution is 2.20. The second-order valence-electron chi connectivity index (χ2n) is 6.97. The number of hydrogen-bond donors (Lipinski definition) is 0. The van der Waals surface area contributed by atoms with E-state index in [1.807, 2.05) is 26.0 Å². The maximum atomic E-state index is 12.7. The van der Waals surface area contributed by atoms with Gasteiger partial charge < -0.3 is 14.0 Å². The van der Waals surface area contributed by atoms with Gasteiger partial charge in [-0.2, -0.15) is 0 Å². The Balaban J connectivity index is 2.23. The highest BCUT2D eigenvalue weighted by molar-refractivity contribution is 5.83. The van der Waals surface area contributed by atoms with Crippen molar-refractivity contribution in [1.82, 2.24) is 4.57 Å². The summed E-state index contributed by atoms with van der Waals surface area (Å²) in [6.07, 6.45) is 2.51. The second kappa shape index (κ2) is 8.19. The third-order valence-electron chi connectivity index (χ3n) is 3.97. The second-order valence-corrected chi connectivity index (χ2v) is 6.97. The van der Waals surface area contributed by atoms with E-state index in [9.17, 15) is 9.59 Å². The first-order valence-corrected chi connectivity index (χ1v) is 8.77. The van der Waals surface area contributed by atoms with Gasteiger partial charge in [0.05, 0.1) is 12.7 Å². The maximum Gasteiger partial charge on any atom is 0.328 e. The van der Waals surface area contributed by atoms with E-state index in [4.69, 9.17) is 9.47 Å². The highest BCUT2D eigenvalue weighted by atomic mass is 16.5. The van der Waals surface area contributed by atoms with Crippen molar-refractivity contribution in [3.8, 4) is 5.75 Å². The molecule has 0 saturated carbocycles. The average molecular weight is 345 g/mol. The van der Waals surface area contributed by atoms with Gasteiger partial charge in [0, 0.05) is 11.6 Å². The van der Waals surface area contributed by atoms with Gasteiger partial charge in [-0.05, 0) is 62.8 Å². The van der Waals surface area contributed by atoms with Crippen LogP contribution in [0, 0.1) is 5.92 Å². The number of carbonyl (C=O) groups is 1. The Kier molecular flexibility index (Phi) is 6.23. The van der Waals surface area contributed by atoms with Gasteiger partial charge in [-0.3, -0.25) is 4.79 Å². The van der Waals surface area contributed by atoms with Crippen LogP contribution in [0.5, 0.6) is 5.75 Å². The van der Waals surface area contributed by atoms with Crippen molar-refractivity contribution < 1.29 is 14.3 Å². The number of hydrogen-bond acceptors (Lipinski definition) is 4. The van der Waals surface area contributed by atoms with Crippen LogP contribution in [0.25, 0.3) is 10.8 Å². The van der Waals surface area contributed by atoms with Crippen LogP contribution in [0.2, 0.25) is 0 Å². The molecule has 0 spiro atoms. The Bertz CT molecular complexity index is 792. The molecule has 2 aromatic rings. The molecule has 0 aliphatic rings. The molecule has 0 bridgehead atoms. The fourth-order valence-electron chi connectivity index (χ4n) is 2.52. The van der Waals surface area contributed by atoms with E-state index < -0.39 is 6.04 Å². The molecule has 2 rings (SSSR count). The average Bonchev–Trinajstić information content (AvgIpc) is 2.53. The van der Waals surface area contributed by atoms with Gasteiger partial charge in [-0.15, -0.1) is 0 Å². The molecule has 0 amide bonds. The number of esters is 1. The highest BCUT2D eigenvalue weighted by Gasteiger charge is 2.18. The number of nitrogens with zero attached hydrogens (tertiary/aromatic N) is 1. The molecule has 1 heterocycles. The normalized spacial score (nSPS) is 12.6. The van der Waals surface area contributed by atoms with Crippen molar-refractivity contribution in [2.75, 3.05) is 6.61 Å². The molecule has 0 aliphatic heterocycles. The minimum atomic E-state index is -0.657. The van der Waals surface area contributed by atoms with Crippen LogP contribution >= 0.6 is 0 Å². The summed E-state index contributed by atoms with van der Waals surface area (Å²) >= 11 is 0. The first kappa shape index (κ1) is 19.0. The monoisotopic (exact) mass is 345 g/mol. The Morgan fingerprint density at radius 1 is 1.12 bits per heavy atom. The van der Waals surface area contributed by atoms with Crippen molar-refractivity contribution in [3.63, 3.8) is 0 Å². The lowest BCUT2D eigenvalue weighted by atomic mass is 10.1. The SMILES string of the molecule is CC(C)CCOC(=O)C(C)n1ccc2cc(OC(C)C)ccc2c1=O. The van der Waals surface area contributed by atoms with Crippen LogP contribution < -0.4 is 10.3 Å². The van der Waals surface area contributed by atoms with Gasteiger partial charge in [-0.1, -0.05) is 13.8 Å². The number of benzene rings is 1. The van der Waals surface area contributed by atoms with Gasteiger partial charge in [0.2, 0.25) is 0 Å². The number of carbonyl (C=O) groups excluding carboxylic acids is 1. The lowest BCUT2D eigenvalue weighted by molar-refractivity contribution is -0.147. The summed E-state index contributed by atoms with van der Waals surface area (Å²) in [5.41, 5.74) is -0.207. The van der Waals surface area contributed by atoms with Crippen LogP contribution in [0.3, 0.4) is 0 Å². The first-order valence-electron chi connectivity index (χ1n) is 8.77. The molecule has 5 heteroatoms. The molecule has 0 radical (unpaired) electrons. The lowest BCUT2D eigenvalue weighted by Gasteiger charge is -2.16. The number of rotatable bonds is 7. The molecule has 5 nitrogen and oxygen atoms in total. The van der Waals surface area contributed by atoms with E-state index in [-0.39, 0.29) is 17.6 Å². The van der Waals surface area contributed by atoms with Gasteiger partial charge in [-0.25, -0.2) is 4.79 Å². The molecule has 136 valence electrons. The number of ether oxygens (including phenoxy) is 2. The fourth-order valence-corrected chi connectivity index (χ4v) is 2.52. The third kappa shape index (κ3) is 4.84. The minimum absolute atomic E-state index is 0.0680. The molecular weight excluding hydrogens is 318 g/mol. The zero-order valence-electron chi connectivity index (χ0n) is 15.6. The van der Waals surface area contributed by atoms with E-state index in [2.05, 4.69) is 13.8 Å². The molecule has 25 heavy (non-hydrogen) atoms. The van der Waals surface area contributed by atoms with Crippen LogP contribution in [0.4, 0.5) is 0 Å². The molecule has 0 aliphatic carbocycles. The molecule has 0 saturated heterocycles. The topological polar surface area (TPSA) is 57.5 Å². The summed E-state index contributed by atoms with van der Waals surface area (Å²) in [4.78, 5) is 24.9. The van der Waals surface area contributed by atoms with E-state index in [1.165, 1.54) is 4.57 Å². The largest absolute Gasteiger partial charge is 0.491 e. The standard InChI is InChI=1S/C20H27NO4/c1-13(2)9-11-24-20(23)15(5)21-10-8-16-12-17(25-14(3)4)6-7-18(16)19(21)22/h6-8,10,12-15H,9,11H2,1-5H3. The van der Waals surface area contributed by atoms with Crippen molar-refractivity contribution >= 4 is 16.7 Å². The summed E-state index contributed by atoms with van der Waals surface area (Å²) in [6, 6.07) is 6.52. The first-order chi connectivity index (χ1) is 11.8. The predicted molar refractivity (Wildman–Crippen MR) is 99.1 cm³/mol. The van der Waals surface area contributed by atoms with Gasteiger partial charge in [0.25, 0.3) is 5.56 Å². The van der Waals surface area contributed by atoms with Gasteiger partial charge in [0.1, 0.15) is 11.8 Å². The van der Waals surface area contributed by atoms with Crippen molar-refractivity contribution in [2.45, 2.75) is 53.2 Å². The zero-order chi connectivity index (χ0) is 18.6. The van der Waals surface area contributed by atoms with Crippen molar-refractivity contribution in [2.24, 2.45) is 5.92 Å². The summed E-state index contributed by atoms with van der Waals surface area (Å²) in [5.74, 6) is 0.802. The summed E-state index contributed by atoms with van der Waals surface area (Å²) in [5, 5.41) is 1.35. The molecule has 1 aromatic heterocycles. The zero-order valence-corrected chi connectivity index (χ0v) is 15.6. The summed E-state index contributed by atoms with van der Waals surface area (Å²) < 4.78 is 12.4. The maximum absolute atomic E-state index is 12.7. The molecular formula is C20H27NO4. The Labute approximate surface area is 148 Å². The lowest BCUT2D eigenvalue weighted by Crippen LogP contribution is -2.29.